The van der Waals surface area contributed by atoms with Crippen molar-refractivity contribution in [3.63, 3.8) is 0 Å². The van der Waals surface area contributed by atoms with Crippen molar-refractivity contribution in [3.8, 4) is 0 Å². The first kappa shape index (κ1) is 25.5. The van der Waals surface area contributed by atoms with Crippen LogP contribution in [-0.2, 0) is 5.41 Å². The summed E-state index contributed by atoms with van der Waals surface area (Å²) >= 11 is 0. The van der Waals surface area contributed by atoms with Gasteiger partial charge in [0.15, 0.2) is 7.36 Å². The topological polar surface area (TPSA) is 34.4 Å². The van der Waals surface area contributed by atoms with Gasteiger partial charge in [-0.15, -0.1) is 0 Å². The number of benzene rings is 3. The zero-order valence-corrected chi connectivity index (χ0v) is 24.0. The van der Waals surface area contributed by atoms with Crippen molar-refractivity contribution in [3.05, 3.63) is 100 Å². The summed E-state index contributed by atoms with van der Waals surface area (Å²) in [5.41, 5.74) is 8.29. The molecule has 2 aliphatic heterocycles. The van der Waals surface area contributed by atoms with Gasteiger partial charge in [-0.25, -0.2) is 14.2 Å². The van der Waals surface area contributed by atoms with Gasteiger partial charge in [0.2, 0.25) is 0 Å². The Labute approximate surface area is 222 Å². The van der Waals surface area contributed by atoms with Gasteiger partial charge in [0.05, 0.1) is 22.9 Å². The molecule has 0 amide bonds. The van der Waals surface area contributed by atoms with E-state index in [1.807, 2.05) is 0 Å². The van der Waals surface area contributed by atoms with Gasteiger partial charge in [0.1, 0.15) is 0 Å². The van der Waals surface area contributed by atoms with E-state index in [4.69, 9.17) is 9.85 Å². The van der Waals surface area contributed by atoms with Gasteiger partial charge in [0.25, 0.3) is 0 Å². The Hall–Kier alpha value is -3.14. The van der Waals surface area contributed by atoms with Gasteiger partial charge in [-0.1, -0.05) is 76.2 Å². The van der Waals surface area contributed by atoms with Gasteiger partial charge >= 0.3 is 0 Å². The van der Waals surface area contributed by atoms with Gasteiger partial charge < -0.3 is 4.90 Å². The molecular formula is C31H38N5P. The van der Waals surface area contributed by atoms with E-state index in [-0.39, 0.29) is 5.41 Å². The molecule has 0 saturated carbocycles. The van der Waals surface area contributed by atoms with E-state index in [0.29, 0.717) is 0 Å². The first-order valence-electron chi connectivity index (χ1n) is 13.2. The van der Waals surface area contributed by atoms with Crippen molar-refractivity contribution in [2.24, 2.45) is 9.85 Å². The summed E-state index contributed by atoms with van der Waals surface area (Å²) in [6.07, 6.45) is 2.10. The third-order valence-electron chi connectivity index (χ3n) is 7.92. The van der Waals surface area contributed by atoms with Crippen molar-refractivity contribution in [2.75, 3.05) is 29.8 Å². The standard InChI is InChI=1S/C31H38N5P/c1-8-35(9-2)37(33-27-20-15-16-23(3)24(27)4)29(22-32-36(37)25-17-11-10-12-18-25)30-31(5,6)26-19-13-14-21-28(26)34(30)7/h10-22H,8-9H2,1-7H3/b30-29-/t37-/m1/s1. The molecule has 0 fully saturated rings. The van der Waals surface area contributed by atoms with Crippen LogP contribution in [0.25, 0.3) is 0 Å². The molecule has 0 bridgehead atoms. The summed E-state index contributed by atoms with van der Waals surface area (Å²) in [6.45, 7) is 15.3. The Bertz CT molecular complexity index is 1430. The fourth-order valence-electron chi connectivity index (χ4n) is 5.85. The third kappa shape index (κ3) is 3.88. The summed E-state index contributed by atoms with van der Waals surface area (Å²) in [7, 11) is -0.357. The highest BCUT2D eigenvalue weighted by molar-refractivity contribution is 7.71. The second kappa shape index (κ2) is 9.63. The highest BCUT2D eigenvalue weighted by atomic mass is 31.2. The predicted octanol–water partition coefficient (Wildman–Crippen LogP) is 8.45. The second-order valence-corrected chi connectivity index (χ2v) is 13.1. The Morgan fingerprint density at radius 3 is 2.24 bits per heavy atom. The van der Waals surface area contributed by atoms with E-state index in [1.54, 1.807) is 0 Å². The smallest absolute Gasteiger partial charge is 0.179 e. The molecule has 0 aromatic heterocycles. The van der Waals surface area contributed by atoms with Crippen LogP contribution in [0.5, 0.6) is 0 Å². The van der Waals surface area contributed by atoms with Crippen molar-refractivity contribution < 1.29 is 0 Å². The van der Waals surface area contributed by atoms with Crippen molar-refractivity contribution in [1.82, 2.24) is 4.67 Å². The Kier molecular flexibility index (Phi) is 6.64. The lowest BCUT2D eigenvalue weighted by atomic mass is 9.84. The number of fused-ring (bicyclic) bond motifs is 1. The predicted molar refractivity (Wildman–Crippen MR) is 160 cm³/mol. The molecule has 6 heteroatoms. The van der Waals surface area contributed by atoms with Crippen LogP contribution in [0.4, 0.5) is 17.1 Å². The van der Waals surface area contributed by atoms with Crippen LogP contribution in [0.1, 0.15) is 44.4 Å². The molecule has 5 rings (SSSR count). The molecule has 2 heterocycles. The van der Waals surface area contributed by atoms with Crippen molar-refractivity contribution >= 4 is 30.6 Å². The fourth-order valence-corrected chi connectivity index (χ4v) is 9.80. The minimum Gasteiger partial charge on any atom is -0.346 e. The summed E-state index contributed by atoms with van der Waals surface area (Å²) in [5, 5.41) is 6.38. The Morgan fingerprint density at radius 2 is 1.57 bits per heavy atom. The fraction of sp³-hybridized carbons (Fsp3) is 0.323. The van der Waals surface area contributed by atoms with E-state index in [2.05, 4.69) is 142 Å². The highest BCUT2D eigenvalue weighted by Gasteiger charge is 2.49. The zero-order chi connectivity index (χ0) is 26.4. The summed E-state index contributed by atoms with van der Waals surface area (Å²) in [4.78, 5) is 2.38. The maximum Gasteiger partial charge on any atom is 0.179 e. The number of rotatable bonds is 5. The normalized spacial score (nSPS) is 22.2. The van der Waals surface area contributed by atoms with Crippen molar-refractivity contribution in [1.29, 1.82) is 0 Å². The van der Waals surface area contributed by atoms with Gasteiger partial charge in [-0.2, -0.15) is 5.10 Å². The van der Waals surface area contributed by atoms with Gasteiger partial charge in [0, 0.05) is 36.9 Å². The molecule has 3 aromatic rings. The van der Waals surface area contributed by atoms with Gasteiger partial charge in [-0.3, -0.25) is 0 Å². The molecule has 3 aromatic carbocycles. The summed E-state index contributed by atoms with van der Waals surface area (Å²) in [5.74, 6) is 0. The molecule has 37 heavy (non-hydrogen) atoms. The summed E-state index contributed by atoms with van der Waals surface area (Å²) in [6, 6.07) is 25.8. The molecule has 0 unspecified atom stereocenters. The van der Waals surface area contributed by atoms with E-state index >= 15 is 0 Å². The quantitative estimate of drug-likeness (QED) is 0.322. The molecule has 5 nitrogen and oxygen atoms in total. The lowest BCUT2D eigenvalue weighted by Gasteiger charge is -2.41. The van der Waals surface area contributed by atoms with Crippen LogP contribution in [0.2, 0.25) is 0 Å². The number of hydrogen-bond acceptors (Lipinski definition) is 3. The largest absolute Gasteiger partial charge is 0.346 e. The lowest BCUT2D eigenvalue weighted by molar-refractivity contribution is 0.501. The molecule has 0 aliphatic carbocycles. The molecule has 192 valence electrons. The van der Waals surface area contributed by atoms with Crippen LogP contribution >= 0.6 is 7.36 Å². The zero-order valence-electron chi connectivity index (χ0n) is 23.1. The molecule has 0 saturated heterocycles. The van der Waals surface area contributed by atoms with Crippen molar-refractivity contribution in [2.45, 2.75) is 47.0 Å². The maximum atomic E-state index is 5.79. The SMILES string of the molecule is CCN(CC)[P@]1(=Nc2cccc(C)c2C)/C(=C2\N(C)c3ccccc3C2(C)C)C=NN1c1ccccc1. The van der Waals surface area contributed by atoms with E-state index in [0.717, 1.165) is 24.5 Å². The number of para-hydroxylation sites is 2. The monoisotopic (exact) mass is 511 g/mol. The second-order valence-electron chi connectivity index (χ2n) is 10.3. The number of nitrogens with zero attached hydrogens (tertiary/aromatic N) is 5. The maximum absolute atomic E-state index is 5.79. The average Bonchev–Trinajstić information content (AvgIpc) is 3.35. The molecule has 2 aliphatic rings. The lowest BCUT2D eigenvalue weighted by Crippen LogP contribution is -2.31. The van der Waals surface area contributed by atoms with Crippen LogP contribution in [0.3, 0.4) is 0 Å². The van der Waals surface area contributed by atoms with Crippen LogP contribution in [-0.4, -0.2) is 31.0 Å². The number of hydrogen-bond donors (Lipinski definition) is 0. The highest BCUT2D eigenvalue weighted by Crippen LogP contribution is 2.70. The molecular weight excluding hydrogens is 473 g/mol. The number of aryl methyl sites for hydroxylation is 1. The minimum absolute atomic E-state index is 0.186. The summed E-state index contributed by atoms with van der Waals surface area (Å²) < 4.78 is 10.6. The Morgan fingerprint density at radius 1 is 0.892 bits per heavy atom. The molecule has 0 radical (unpaired) electrons. The number of anilines is 2. The first-order valence-corrected chi connectivity index (χ1v) is 14.8. The number of hydrazone groups is 1. The van der Waals surface area contributed by atoms with Crippen LogP contribution < -0.4 is 9.68 Å². The first-order chi connectivity index (χ1) is 17.8. The van der Waals surface area contributed by atoms with Crippen LogP contribution in [0.15, 0.2) is 93.7 Å². The minimum atomic E-state index is -2.56. The van der Waals surface area contributed by atoms with E-state index in [1.165, 1.54) is 33.4 Å². The molecule has 0 spiro atoms. The average molecular weight is 512 g/mol. The van der Waals surface area contributed by atoms with Crippen LogP contribution in [0, 0.1) is 13.8 Å². The molecule has 0 N–H and O–H groups in total. The van der Waals surface area contributed by atoms with E-state index < -0.39 is 7.36 Å². The third-order valence-corrected chi connectivity index (χ3v) is 11.6. The molecule has 1 atom stereocenters. The Balaban J connectivity index is 1.91. The van der Waals surface area contributed by atoms with E-state index in [9.17, 15) is 0 Å². The number of likely N-dealkylation sites (N-methyl/N-ethyl adjacent to an activating group) is 1. The van der Waals surface area contributed by atoms with Gasteiger partial charge in [-0.05, 0) is 54.8 Å². The number of allylic oxidation sites excluding steroid dienone is 2.